The summed E-state index contributed by atoms with van der Waals surface area (Å²) >= 11 is 1.48. The van der Waals surface area contributed by atoms with Gasteiger partial charge in [-0.05, 0) is 25.2 Å². The minimum atomic E-state index is -0.206. The Morgan fingerprint density at radius 3 is 2.72 bits per heavy atom. The van der Waals surface area contributed by atoms with Crippen LogP contribution in [0, 0.1) is 5.92 Å². The molecule has 102 valence electrons. The number of aromatic nitrogens is 2. The molecular weight excluding hydrogens is 248 g/mol. The summed E-state index contributed by atoms with van der Waals surface area (Å²) in [4.78, 5) is 18.6. The van der Waals surface area contributed by atoms with Crippen LogP contribution in [-0.4, -0.2) is 20.8 Å². The zero-order valence-corrected chi connectivity index (χ0v) is 12.1. The summed E-state index contributed by atoms with van der Waals surface area (Å²) in [5.41, 5.74) is 0.200. The highest BCUT2D eigenvalue weighted by Crippen LogP contribution is 2.19. The van der Waals surface area contributed by atoms with Crippen LogP contribution in [0.2, 0.25) is 0 Å². The minimum Gasteiger partial charge on any atom is -0.493 e. The highest BCUT2D eigenvalue weighted by molar-refractivity contribution is 7.99. The van der Waals surface area contributed by atoms with E-state index in [-0.39, 0.29) is 11.4 Å². The van der Waals surface area contributed by atoms with Gasteiger partial charge in [0.1, 0.15) is 0 Å². The summed E-state index contributed by atoms with van der Waals surface area (Å²) in [6.45, 7) is 6.30. The maximum absolute atomic E-state index is 11.8. The molecule has 0 aliphatic carbocycles. The Morgan fingerprint density at radius 1 is 1.44 bits per heavy atom. The van der Waals surface area contributed by atoms with Gasteiger partial charge in [0.25, 0.3) is 5.56 Å². The molecule has 2 N–H and O–H groups in total. The van der Waals surface area contributed by atoms with Crippen molar-refractivity contribution in [1.29, 1.82) is 0 Å². The van der Waals surface area contributed by atoms with E-state index in [9.17, 15) is 9.90 Å². The number of thioether (sulfide) groups is 1. The average Bonchev–Trinajstić information content (AvgIpc) is 2.28. The maximum atomic E-state index is 11.8. The fraction of sp³-hybridized carbons (Fsp3) is 0.692. The molecule has 0 bridgehead atoms. The van der Waals surface area contributed by atoms with Crippen LogP contribution in [0.15, 0.2) is 9.95 Å². The molecule has 0 saturated carbocycles. The fourth-order valence-electron chi connectivity index (χ4n) is 1.51. The van der Waals surface area contributed by atoms with E-state index in [2.05, 4.69) is 30.7 Å². The molecule has 0 spiro atoms. The van der Waals surface area contributed by atoms with Crippen molar-refractivity contribution in [2.75, 3.05) is 5.75 Å². The van der Waals surface area contributed by atoms with Gasteiger partial charge in [-0.15, -0.1) is 0 Å². The molecule has 1 heterocycles. The second kappa shape index (κ2) is 7.46. The number of rotatable bonds is 7. The van der Waals surface area contributed by atoms with Crippen LogP contribution in [0.4, 0.5) is 0 Å². The first-order chi connectivity index (χ1) is 8.54. The maximum Gasteiger partial charge on any atom is 0.258 e. The predicted molar refractivity (Wildman–Crippen MR) is 75.3 cm³/mol. The van der Waals surface area contributed by atoms with Crippen molar-refractivity contribution in [2.24, 2.45) is 5.92 Å². The molecule has 0 amide bonds. The molecule has 1 aromatic rings. The molecule has 0 fully saturated rings. The van der Waals surface area contributed by atoms with Crippen LogP contribution in [-0.2, 0) is 6.42 Å². The van der Waals surface area contributed by atoms with Crippen molar-refractivity contribution < 1.29 is 5.11 Å². The van der Waals surface area contributed by atoms with Gasteiger partial charge in [0.2, 0.25) is 5.88 Å². The number of nitrogens with one attached hydrogen (secondary N) is 1. The smallest absolute Gasteiger partial charge is 0.258 e. The molecule has 0 aromatic carbocycles. The van der Waals surface area contributed by atoms with Crippen LogP contribution in [0.5, 0.6) is 5.88 Å². The first-order valence-corrected chi connectivity index (χ1v) is 7.48. The van der Waals surface area contributed by atoms with E-state index in [1.807, 2.05) is 0 Å². The molecule has 0 aliphatic heterocycles. The summed E-state index contributed by atoms with van der Waals surface area (Å²) < 4.78 is 0. The van der Waals surface area contributed by atoms with Gasteiger partial charge in [-0.2, -0.15) is 4.98 Å². The van der Waals surface area contributed by atoms with Crippen LogP contribution < -0.4 is 5.56 Å². The Morgan fingerprint density at radius 2 is 2.17 bits per heavy atom. The summed E-state index contributed by atoms with van der Waals surface area (Å²) in [6, 6.07) is 0. The van der Waals surface area contributed by atoms with Crippen LogP contribution in [0.25, 0.3) is 0 Å². The van der Waals surface area contributed by atoms with Crippen LogP contribution >= 0.6 is 11.8 Å². The zero-order valence-electron chi connectivity index (χ0n) is 11.3. The zero-order chi connectivity index (χ0) is 13.5. The Hall–Kier alpha value is -0.970. The van der Waals surface area contributed by atoms with Gasteiger partial charge >= 0.3 is 0 Å². The van der Waals surface area contributed by atoms with Crippen LogP contribution in [0.1, 0.15) is 45.6 Å². The van der Waals surface area contributed by atoms with Crippen LogP contribution in [0.3, 0.4) is 0 Å². The number of aromatic amines is 1. The molecule has 0 unspecified atom stereocenters. The molecule has 1 aromatic heterocycles. The Balaban J connectivity index is 2.74. The largest absolute Gasteiger partial charge is 0.493 e. The van der Waals surface area contributed by atoms with E-state index in [1.165, 1.54) is 11.8 Å². The lowest BCUT2D eigenvalue weighted by Crippen LogP contribution is -2.15. The second-order valence-corrected chi connectivity index (χ2v) is 5.89. The fourth-order valence-corrected chi connectivity index (χ4v) is 2.45. The van der Waals surface area contributed by atoms with Crippen molar-refractivity contribution in [1.82, 2.24) is 9.97 Å². The van der Waals surface area contributed by atoms with Gasteiger partial charge in [0.15, 0.2) is 5.16 Å². The average molecular weight is 270 g/mol. The first-order valence-electron chi connectivity index (χ1n) is 6.49. The number of unbranched alkanes of at least 4 members (excludes halogenated alkanes) is 1. The van der Waals surface area contributed by atoms with E-state index in [4.69, 9.17) is 0 Å². The Kier molecular flexibility index (Phi) is 6.25. The van der Waals surface area contributed by atoms with Gasteiger partial charge in [-0.3, -0.25) is 4.79 Å². The van der Waals surface area contributed by atoms with E-state index in [0.717, 1.165) is 25.0 Å². The van der Waals surface area contributed by atoms with Crippen molar-refractivity contribution in [3.05, 3.63) is 15.9 Å². The second-order valence-electron chi connectivity index (χ2n) is 4.81. The molecule has 0 atom stereocenters. The lowest BCUT2D eigenvalue weighted by atomic mass is 10.0. The predicted octanol–water partition coefficient (Wildman–Crippen LogP) is 2.96. The normalized spacial score (nSPS) is 11.1. The molecule has 0 aliphatic rings. The number of hydrogen-bond donors (Lipinski definition) is 2. The third-order valence-electron chi connectivity index (χ3n) is 2.68. The van der Waals surface area contributed by atoms with Gasteiger partial charge in [-0.25, -0.2) is 0 Å². The minimum absolute atomic E-state index is 0.113. The van der Waals surface area contributed by atoms with E-state index in [1.54, 1.807) is 0 Å². The number of hydrogen-bond acceptors (Lipinski definition) is 4. The van der Waals surface area contributed by atoms with Crippen molar-refractivity contribution >= 4 is 11.8 Å². The Bertz CT molecular complexity index is 429. The first kappa shape index (κ1) is 15.1. The summed E-state index contributed by atoms with van der Waals surface area (Å²) in [6.07, 6.45) is 3.63. The van der Waals surface area contributed by atoms with E-state index in [0.29, 0.717) is 23.1 Å². The van der Waals surface area contributed by atoms with E-state index >= 15 is 0 Å². The molecular formula is C13H22N2O2S. The third-order valence-corrected chi connectivity index (χ3v) is 3.64. The van der Waals surface area contributed by atoms with Gasteiger partial charge in [-0.1, -0.05) is 39.0 Å². The molecule has 5 heteroatoms. The summed E-state index contributed by atoms with van der Waals surface area (Å²) in [7, 11) is 0. The number of aromatic hydroxyl groups is 1. The van der Waals surface area contributed by atoms with Gasteiger partial charge < -0.3 is 10.1 Å². The molecule has 4 nitrogen and oxygen atoms in total. The SMILES string of the molecule is CCCCSc1nc(O)c(CCC(C)C)c(=O)[nH]1. The topological polar surface area (TPSA) is 66.0 Å². The standard InChI is InChI=1S/C13H22N2O2S/c1-4-5-8-18-13-14-11(16)10(12(17)15-13)7-6-9(2)3/h9H,4-8H2,1-3H3,(H2,14,15,16,17). The summed E-state index contributed by atoms with van der Waals surface area (Å²) in [5.74, 6) is 1.30. The number of nitrogens with zero attached hydrogens (tertiary/aromatic N) is 1. The quantitative estimate of drug-likeness (QED) is 0.454. The van der Waals surface area contributed by atoms with Gasteiger partial charge in [0, 0.05) is 5.75 Å². The molecule has 1 rings (SSSR count). The third kappa shape index (κ3) is 4.72. The Labute approximate surface area is 112 Å². The monoisotopic (exact) mass is 270 g/mol. The van der Waals surface area contributed by atoms with E-state index < -0.39 is 0 Å². The van der Waals surface area contributed by atoms with Gasteiger partial charge in [0.05, 0.1) is 5.56 Å². The highest BCUT2D eigenvalue weighted by Gasteiger charge is 2.11. The van der Waals surface area contributed by atoms with Crippen molar-refractivity contribution in [3.8, 4) is 5.88 Å². The molecule has 0 radical (unpaired) electrons. The lowest BCUT2D eigenvalue weighted by Gasteiger charge is -2.07. The number of H-pyrrole nitrogens is 1. The highest BCUT2D eigenvalue weighted by atomic mass is 32.2. The summed E-state index contributed by atoms with van der Waals surface area (Å²) in [5, 5.41) is 10.3. The lowest BCUT2D eigenvalue weighted by molar-refractivity contribution is 0.431. The van der Waals surface area contributed by atoms with Crippen molar-refractivity contribution in [2.45, 2.75) is 51.6 Å². The van der Waals surface area contributed by atoms with Crippen molar-refractivity contribution in [3.63, 3.8) is 0 Å². The molecule has 0 saturated heterocycles. The molecule has 18 heavy (non-hydrogen) atoms.